The van der Waals surface area contributed by atoms with Crippen LogP contribution in [0.1, 0.15) is 25.7 Å². The van der Waals surface area contributed by atoms with E-state index in [1.807, 2.05) is 12.2 Å². The quantitative estimate of drug-likeness (QED) is 0.491. The molecule has 1 atom stereocenters. The summed E-state index contributed by atoms with van der Waals surface area (Å²) in [5, 5.41) is 16.5. The van der Waals surface area contributed by atoms with Gasteiger partial charge in [-0.25, -0.2) is 0 Å². The standard InChI is InChI=1S/C8H13NO/c9-7-3-1-2-4-8(10)6-5-7/h2,4,8-10H,1,3,5-6H2/b4-2-,9-7?. The number of nitrogens with one attached hydrogen (secondary N) is 1. The Balaban J connectivity index is 2.45. The minimum atomic E-state index is -0.319. The average Bonchev–Trinajstić information content (AvgIpc) is 1.90. The van der Waals surface area contributed by atoms with Crippen molar-refractivity contribution in [1.82, 2.24) is 0 Å². The van der Waals surface area contributed by atoms with Gasteiger partial charge in [0.1, 0.15) is 0 Å². The molecule has 0 aromatic carbocycles. The second-order valence-corrected chi connectivity index (χ2v) is 2.68. The largest absolute Gasteiger partial charge is 0.389 e. The van der Waals surface area contributed by atoms with Crippen molar-refractivity contribution in [2.24, 2.45) is 0 Å². The Labute approximate surface area is 61.1 Å². The van der Waals surface area contributed by atoms with Gasteiger partial charge in [-0.2, -0.15) is 0 Å². The van der Waals surface area contributed by atoms with Gasteiger partial charge in [0.05, 0.1) is 6.10 Å². The fraction of sp³-hybridized carbons (Fsp3) is 0.625. The molecule has 0 aliphatic heterocycles. The predicted octanol–water partition coefficient (Wildman–Crippen LogP) is 1.50. The summed E-state index contributed by atoms with van der Waals surface area (Å²) in [6, 6.07) is 0. The van der Waals surface area contributed by atoms with E-state index >= 15 is 0 Å². The van der Waals surface area contributed by atoms with Gasteiger partial charge in [-0.1, -0.05) is 12.2 Å². The molecule has 0 heterocycles. The fourth-order valence-corrected chi connectivity index (χ4v) is 1.05. The summed E-state index contributed by atoms with van der Waals surface area (Å²) < 4.78 is 0. The zero-order chi connectivity index (χ0) is 7.40. The Morgan fingerprint density at radius 3 is 3.10 bits per heavy atom. The Bertz CT molecular complexity index is 151. The van der Waals surface area contributed by atoms with E-state index in [1.165, 1.54) is 0 Å². The van der Waals surface area contributed by atoms with Gasteiger partial charge in [0.25, 0.3) is 0 Å². The van der Waals surface area contributed by atoms with Crippen LogP contribution in [0.3, 0.4) is 0 Å². The number of hydrogen-bond acceptors (Lipinski definition) is 2. The van der Waals surface area contributed by atoms with E-state index in [2.05, 4.69) is 0 Å². The van der Waals surface area contributed by atoms with E-state index in [0.29, 0.717) is 0 Å². The van der Waals surface area contributed by atoms with Crippen molar-refractivity contribution in [1.29, 1.82) is 5.41 Å². The number of aliphatic hydroxyl groups excluding tert-OH is 1. The Morgan fingerprint density at radius 1 is 1.50 bits per heavy atom. The molecule has 1 aliphatic rings. The molecule has 56 valence electrons. The first-order valence-corrected chi connectivity index (χ1v) is 3.70. The lowest BCUT2D eigenvalue weighted by atomic mass is 10.0. The van der Waals surface area contributed by atoms with Crippen molar-refractivity contribution >= 4 is 5.71 Å². The van der Waals surface area contributed by atoms with Gasteiger partial charge >= 0.3 is 0 Å². The lowest BCUT2D eigenvalue weighted by molar-refractivity contribution is 0.214. The summed E-state index contributed by atoms with van der Waals surface area (Å²) >= 11 is 0. The van der Waals surface area contributed by atoms with Crippen molar-refractivity contribution in [3.8, 4) is 0 Å². The number of aliphatic hydroxyl groups is 1. The minimum Gasteiger partial charge on any atom is -0.389 e. The van der Waals surface area contributed by atoms with Gasteiger partial charge in [0, 0.05) is 5.71 Å². The highest BCUT2D eigenvalue weighted by Crippen LogP contribution is 2.08. The molecule has 2 N–H and O–H groups in total. The highest BCUT2D eigenvalue weighted by Gasteiger charge is 2.04. The summed E-state index contributed by atoms with van der Waals surface area (Å²) in [4.78, 5) is 0. The molecule has 0 amide bonds. The first-order valence-electron chi connectivity index (χ1n) is 3.70. The molecule has 0 aromatic rings. The summed E-state index contributed by atoms with van der Waals surface area (Å²) in [5.41, 5.74) is 0.767. The van der Waals surface area contributed by atoms with Crippen LogP contribution in [0.4, 0.5) is 0 Å². The lowest BCUT2D eigenvalue weighted by Crippen LogP contribution is -2.08. The molecule has 0 radical (unpaired) electrons. The van der Waals surface area contributed by atoms with E-state index in [4.69, 9.17) is 10.5 Å². The molecule has 1 rings (SSSR count). The van der Waals surface area contributed by atoms with Crippen LogP contribution in [0.25, 0.3) is 0 Å². The smallest absolute Gasteiger partial charge is 0.0724 e. The summed E-state index contributed by atoms with van der Waals surface area (Å²) in [6.45, 7) is 0. The third-order valence-corrected chi connectivity index (χ3v) is 1.71. The van der Waals surface area contributed by atoms with E-state index < -0.39 is 0 Å². The molecule has 1 unspecified atom stereocenters. The Kier molecular flexibility index (Phi) is 2.63. The van der Waals surface area contributed by atoms with Gasteiger partial charge in [-0.05, 0) is 25.7 Å². The van der Waals surface area contributed by atoms with Gasteiger partial charge in [0.2, 0.25) is 0 Å². The Morgan fingerprint density at radius 2 is 2.30 bits per heavy atom. The second kappa shape index (κ2) is 3.52. The molecule has 2 nitrogen and oxygen atoms in total. The third kappa shape index (κ3) is 2.31. The molecule has 10 heavy (non-hydrogen) atoms. The van der Waals surface area contributed by atoms with Crippen molar-refractivity contribution in [3.05, 3.63) is 12.2 Å². The maximum Gasteiger partial charge on any atom is 0.0724 e. The fourth-order valence-electron chi connectivity index (χ4n) is 1.05. The molecule has 0 aromatic heterocycles. The van der Waals surface area contributed by atoms with Crippen LogP contribution in [0, 0.1) is 5.41 Å². The average molecular weight is 139 g/mol. The van der Waals surface area contributed by atoms with Crippen molar-refractivity contribution in [2.75, 3.05) is 0 Å². The topological polar surface area (TPSA) is 44.1 Å². The first-order chi connectivity index (χ1) is 4.79. The number of rotatable bonds is 0. The lowest BCUT2D eigenvalue weighted by Gasteiger charge is -2.09. The maximum atomic E-state index is 9.15. The molecule has 0 saturated heterocycles. The van der Waals surface area contributed by atoms with Gasteiger partial charge in [-0.3, -0.25) is 0 Å². The number of hydrogen-bond donors (Lipinski definition) is 2. The van der Waals surface area contributed by atoms with Crippen LogP contribution < -0.4 is 0 Å². The summed E-state index contributed by atoms with van der Waals surface area (Å²) in [6.07, 6.45) is 6.71. The van der Waals surface area contributed by atoms with E-state index in [1.54, 1.807) is 0 Å². The van der Waals surface area contributed by atoms with Crippen LogP contribution >= 0.6 is 0 Å². The van der Waals surface area contributed by atoms with Crippen LogP contribution in [0.2, 0.25) is 0 Å². The monoisotopic (exact) mass is 139 g/mol. The van der Waals surface area contributed by atoms with Gasteiger partial charge in [0.15, 0.2) is 0 Å². The first kappa shape index (κ1) is 7.48. The third-order valence-electron chi connectivity index (χ3n) is 1.71. The SMILES string of the molecule is N=C1CC/C=C\C(O)CC1. The molecule has 0 bridgehead atoms. The van der Waals surface area contributed by atoms with Crippen LogP contribution in [-0.4, -0.2) is 16.9 Å². The molecule has 0 fully saturated rings. The van der Waals surface area contributed by atoms with Crippen molar-refractivity contribution in [2.45, 2.75) is 31.8 Å². The highest BCUT2D eigenvalue weighted by molar-refractivity contribution is 5.81. The molecule has 0 spiro atoms. The van der Waals surface area contributed by atoms with E-state index in [0.717, 1.165) is 31.4 Å². The number of allylic oxidation sites excluding steroid dienone is 1. The second-order valence-electron chi connectivity index (χ2n) is 2.68. The highest BCUT2D eigenvalue weighted by atomic mass is 16.3. The normalized spacial score (nSPS) is 30.9. The molecular weight excluding hydrogens is 126 g/mol. The molecule has 0 saturated carbocycles. The molecule has 2 heteroatoms. The Hall–Kier alpha value is -0.630. The van der Waals surface area contributed by atoms with E-state index in [-0.39, 0.29) is 6.10 Å². The molecular formula is C8H13NO. The van der Waals surface area contributed by atoms with Crippen molar-refractivity contribution in [3.63, 3.8) is 0 Å². The summed E-state index contributed by atoms with van der Waals surface area (Å²) in [7, 11) is 0. The van der Waals surface area contributed by atoms with Gasteiger partial charge in [-0.15, -0.1) is 0 Å². The summed E-state index contributed by atoms with van der Waals surface area (Å²) in [5.74, 6) is 0. The van der Waals surface area contributed by atoms with Crippen molar-refractivity contribution < 1.29 is 5.11 Å². The predicted molar refractivity (Wildman–Crippen MR) is 41.3 cm³/mol. The maximum absolute atomic E-state index is 9.15. The van der Waals surface area contributed by atoms with Crippen LogP contribution in [0.15, 0.2) is 12.2 Å². The van der Waals surface area contributed by atoms with E-state index in [9.17, 15) is 0 Å². The minimum absolute atomic E-state index is 0.319. The van der Waals surface area contributed by atoms with Crippen LogP contribution in [-0.2, 0) is 0 Å². The zero-order valence-corrected chi connectivity index (χ0v) is 6.01. The van der Waals surface area contributed by atoms with Crippen LogP contribution in [0.5, 0.6) is 0 Å². The van der Waals surface area contributed by atoms with Gasteiger partial charge < -0.3 is 10.5 Å². The zero-order valence-electron chi connectivity index (χ0n) is 6.01. The molecule has 1 aliphatic carbocycles.